The van der Waals surface area contributed by atoms with Gasteiger partial charge in [0.15, 0.2) is 0 Å². The molecule has 0 spiro atoms. The molecule has 2 aromatic rings. The van der Waals surface area contributed by atoms with Crippen LogP contribution in [0, 0.1) is 24.2 Å². The van der Waals surface area contributed by atoms with Crippen LogP contribution in [0.3, 0.4) is 0 Å². The Morgan fingerprint density at radius 2 is 2.00 bits per heavy atom. The van der Waals surface area contributed by atoms with Crippen LogP contribution in [0.25, 0.3) is 0 Å². The molecule has 11 nitrogen and oxygen atoms in total. The van der Waals surface area contributed by atoms with Crippen LogP contribution in [0.2, 0.25) is 0 Å². The number of carbonyl (C=O) groups excluding carboxylic acids is 1. The van der Waals surface area contributed by atoms with Crippen molar-refractivity contribution in [2.45, 2.75) is 18.7 Å². The third kappa shape index (κ3) is 5.52. The van der Waals surface area contributed by atoms with E-state index in [1.165, 1.54) is 25.3 Å². The molecule has 0 aliphatic heterocycles. The fraction of sp³-hybridized carbons (Fsp3) is 0.312. The Kier molecular flexibility index (Phi) is 6.67. The molecule has 0 aliphatic carbocycles. The van der Waals surface area contributed by atoms with Gasteiger partial charge in [-0.1, -0.05) is 12.1 Å². The van der Waals surface area contributed by atoms with Gasteiger partial charge < -0.3 is 9.47 Å². The number of hydrogen-bond donors (Lipinski definition) is 2. The Bertz CT molecular complexity index is 1000. The van der Waals surface area contributed by atoms with Crippen molar-refractivity contribution >= 4 is 22.0 Å². The number of carbonyl (C=O) groups is 1. The lowest BCUT2D eigenvalue weighted by Crippen LogP contribution is -2.35. The van der Waals surface area contributed by atoms with Crippen LogP contribution < -0.4 is 19.5 Å². The molecule has 2 N–H and O–H groups in total. The van der Waals surface area contributed by atoms with Crippen LogP contribution in [0.1, 0.15) is 12.7 Å². The van der Waals surface area contributed by atoms with Crippen LogP contribution in [-0.4, -0.2) is 43.1 Å². The minimum absolute atomic E-state index is 0.000837. The molecule has 0 bridgehead atoms. The molecule has 2 amide bonds. The number of hydrogen-bond acceptors (Lipinski definition) is 9. The van der Waals surface area contributed by atoms with E-state index >= 15 is 0 Å². The van der Waals surface area contributed by atoms with Crippen LogP contribution >= 0.6 is 0 Å². The SMILES string of the molecule is COc1nc(C)nc(NC(=O)NS(=O)(=O)c2ccccc2OCC(C)C#N)n1. The second-order valence-electron chi connectivity index (χ2n) is 5.54. The molecule has 0 saturated heterocycles. The number of nitrogens with zero attached hydrogens (tertiary/aromatic N) is 4. The van der Waals surface area contributed by atoms with Crippen molar-refractivity contribution in [2.24, 2.45) is 5.92 Å². The minimum atomic E-state index is -4.26. The number of sulfonamides is 1. The average molecular weight is 406 g/mol. The Hall–Kier alpha value is -3.46. The van der Waals surface area contributed by atoms with E-state index in [-0.39, 0.29) is 35.0 Å². The van der Waals surface area contributed by atoms with E-state index in [0.29, 0.717) is 0 Å². The van der Waals surface area contributed by atoms with E-state index in [4.69, 9.17) is 14.7 Å². The lowest BCUT2D eigenvalue weighted by molar-refractivity contribution is 0.256. The molecule has 0 aliphatic rings. The van der Waals surface area contributed by atoms with Gasteiger partial charge in [0.2, 0.25) is 5.95 Å². The molecule has 1 heterocycles. The first-order chi connectivity index (χ1) is 13.2. The largest absolute Gasteiger partial charge is 0.491 e. The van der Waals surface area contributed by atoms with Crippen LogP contribution in [-0.2, 0) is 10.0 Å². The maximum Gasteiger partial charge on any atom is 0.335 e. The van der Waals surface area contributed by atoms with Crippen molar-refractivity contribution in [3.05, 3.63) is 30.1 Å². The fourth-order valence-corrected chi connectivity index (χ4v) is 3.01. The number of ether oxygens (including phenoxy) is 2. The third-order valence-electron chi connectivity index (χ3n) is 3.21. The second-order valence-corrected chi connectivity index (χ2v) is 7.19. The molecule has 1 aromatic heterocycles. The molecular formula is C16H18N6O5S. The normalized spacial score (nSPS) is 11.8. The van der Waals surface area contributed by atoms with Gasteiger partial charge in [-0.15, -0.1) is 0 Å². The Labute approximate surface area is 161 Å². The smallest absolute Gasteiger partial charge is 0.335 e. The molecule has 12 heteroatoms. The number of para-hydroxylation sites is 1. The van der Waals surface area contributed by atoms with Gasteiger partial charge in [-0.25, -0.2) is 17.9 Å². The molecular weight excluding hydrogens is 388 g/mol. The predicted molar refractivity (Wildman–Crippen MR) is 97.2 cm³/mol. The van der Waals surface area contributed by atoms with E-state index in [1.54, 1.807) is 19.9 Å². The maximum absolute atomic E-state index is 12.6. The van der Waals surface area contributed by atoms with Gasteiger partial charge in [-0.3, -0.25) is 5.32 Å². The lowest BCUT2D eigenvalue weighted by Gasteiger charge is -2.13. The highest BCUT2D eigenvalue weighted by Crippen LogP contribution is 2.23. The van der Waals surface area contributed by atoms with Crippen LogP contribution in [0.5, 0.6) is 11.8 Å². The van der Waals surface area contributed by atoms with E-state index < -0.39 is 22.0 Å². The first-order valence-corrected chi connectivity index (χ1v) is 9.45. The summed E-state index contributed by atoms with van der Waals surface area (Å²) in [6, 6.07) is 6.63. The minimum Gasteiger partial charge on any atom is -0.491 e. The van der Waals surface area contributed by atoms with E-state index in [9.17, 15) is 13.2 Å². The van der Waals surface area contributed by atoms with Crippen LogP contribution in [0.15, 0.2) is 29.2 Å². The predicted octanol–water partition coefficient (Wildman–Crippen LogP) is 1.24. The summed E-state index contributed by atoms with van der Waals surface area (Å²) >= 11 is 0. The highest BCUT2D eigenvalue weighted by atomic mass is 32.2. The van der Waals surface area contributed by atoms with Gasteiger partial charge in [0.25, 0.3) is 10.0 Å². The molecule has 0 fully saturated rings. The summed E-state index contributed by atoms with van der Waals surface area (Å²) in [6.45, 7) is 3.19. The topological polar surface area (TPSA) is 156 Å². The molecule has 1 atom stereocenters. The van der Waals surface area contributed by atoms with Gasteiger partial charge in [0.1, 0.15) is 23.1 Å². The molecule has 0 saturated carbocycles. The number of aryl methyl sites for hydroxylation is 1. The monoisotopic (exact) mass is 406 g/mol. The Morgan fingerprint density at radius 1 is 1.29 bits per heavy atom. The zero-order chi connectivity index (χ0) is 20.7. The quantitative estimate of drug-likeness (QED) is 0.690. The number of methoxy groups -OCH3 is 1. The summed E-state index contributed by atoms with van der Waals surface area (Å²) in [6.07, 6.45) is 0. The summed E-state index contributed by atoms with van der Waals surface area (Å²) in [4.78, 5) is 23.4. The highest BCUT2D eigenvalue weighted by molar-refractivity contribution is 7.90. The summed E-state index contributed by atoms with van der Waals surface area (Å²) in [5.74, 6) is -0.323. The first-order valence-electron chi connectivity index (χ1n) is 7.97. The van der Waals surface area contributed by atoms with E-state index in [2.05, 4.69) is 20.3 Å². The number of aromatic nitrogens is 3. The van der Waals surface area contributed by atoms with Crippen molar-refractivity contribution in [3.8, 4) is 17.8 Å². The van der Waals surface area contributed by atoms with Crippen molar-refractivity contribution in [2.75, 3.05) is 19.0 Å². The number of nitrogens with one attached hydrogen (secondary N) is 2. The maximum atomic E-state index is 12.6. The van der Waals surface area contributed by atoms with Crippen molar-refractivity contribution < 1.29 is 22.7 Å². The number of nitriles is 1. The number of amides is 2. The van der Waals surface area contributed by atoms with E-state index in [0.717, 1.165) is 0 Å². The standard InChI is InChI=1S/C16H18N6O5S/c1-10(8-17)9-27-12-6-4-5-7-13(12)28(24,25)22-15(23)20-14-18-11(2)19-16(21-14)26-3/h4-7,10H,9H2,1-3H3,(H2,18,19,20,21,22,23). The zero-order valence-electron chi connectivity index (χ0n) is 15.3. The third-order valence-corrected chi connectivity index (χ3v) is 4.58. The van der Waals surface area contributed by atoms with Crippen LogP contribution in [0.4, 0.5) is 10.7 Å². The number of benzene rings is 1. The lowest BCUT2D eigenvalue weighted by atomic mass is 10.2. The molecule has 0 radical (unpaired) electrons. The molecule has 28 heavy (non-hydrogen) atoms. The summed E-state index contributed by atoms with van der Waals surface area (Å²) < 4.78 is 37.2. The van der Waals surface area contributed by atoms with Gasteiger partial charge in [0.05, 0.1) is 19.1 Å². The summed E-state index contributed by atoms with van der Waals surface area (Å²) in [5, 5.41) is 11.0. The van der Waals surface area contributed by atoms with E-state index in [1.807, 2.05) is 10.8 Å². The fourth-order valence-electron chi connectivity index (χ4n) is 1.95. The van der Waals surface area contributed by atoms with Gasteiger partial charge in [-0.2, -0.15) is 20.2 Å². The molecule has 1 unspecified atom stereocenters. The highest BCUT2D eigenvalue weighted by Gasteiger charge is 2.23. The number of urea groups is 1. The molecule has 148 valence electrons. The Balaban J connectivity index is 2.16. The summed E-state index contributed by atoms with van der Waals surface area (Å²) in [5.41, 5.74) is 0. The van der Waals surface area contributed by atoms with Gasteiger partial charge >= 0.3 is 12.0 Å². The molecule has 1 aromatic carbocycles. The first kappa shape index (κ1) is 20.8. The Morgan fingerprint density at radius 3 is 2.68 bits per heavy atom. The number of anilines is 1. The second kappa shape index (κ2) is 8.96. The number of rotatable bonds is 7. The summed E-state index contributed by atoms with van der Waals surface area (Å²) in [7, 11) is -2.92. The zero-order valence-corrected chi connectivity index (χ0v) is 16.1. The van der Waals surface area contributed by atoms with Gasteiger partial charge in [-0.05, 0) is 26.0 Å². The van der Waals surface area contributed by atoms with Crippen molar-refractivity contribution in [1.82, 2.24) is 19.7 Å². The van der Waals surface area contributed by atoms with Gasteiger partial charge in [0, 0.05) is 0 Å². The molecule has 2 rings (SSSR count). The average Bonchev–Trinajstić information content (AvgIpc) is 2.65. The van der Waals surface area contributed by atoms with Crippen molar-refractivity contribution in [1.29, 1.82) is 5.26 Å². The van der Waals surface area contributed by atoms with Crippen molar-refractivity contribution in [3.63, 3.8) is 0 Å².